The van der Waals surface area contributed by atoms with E-state index in [-0.39, 0.29) is 47.8 Å². The Morgan fingerprint density at radius 3 is 2.64 bits per heavy atom. The van der Waals surface area contributed by atoms with Crippen LogP contribution in [0.3, 0.4) is 0 Å². The Kier molecular flexibility index (Phi) is 9.47. The molecule has 2 fully saturated rings. The quantitative estimate of drug-likeness (QED) is 0.273. The van der Waals surface area contributed by atoms with Crippen molar-refractivity contribution in [2.75, 3.05) is 45.2 Å². The first-order chi connectivity index (χ1) is 20.1. The van der Waals surface area contributed by atoms with Gasteiger partial charge in [0.2, 0.25) is 10.0 Å². The molecule has 3 N–H and O–H groups in total. The minimum Gasteiger partial charge on any atom is -0.491 e. The van der Waals surface area contributed by atoms with Crippen molar-refractivity contribution in [3.63, 3.8) is 0 Å². The molecule has 0 bridgehead atoms. The van der Waals surface area contributed by atoms with Crippen LogP contribution in [0.25, 0.3) is 10.9 Å². The van der Waals surface area contributed by atoms with E-state index in [1.807, 2.05) is 24.3 Å². The number of pyridine rings is 1. The molecule has 228 valence electrons. The Morgan fingerprint density at radius 2 is 1.86 bits per heavy atom. The highest BCUT2D eigenvalue weighted by Crippen LogP contribution is 2.37. The first-order valence-electron chi connectivity index (χ1n) is 14.1. The maximum Gasteiger partial charge on any atom is 0.244 e. The second-order valence-electron chi connectivity index (χ2n) is 10.9. The monoisotopic (exact) mass is 619 g/mol. The molecule has 42 heavy (non-hydrogen) atoms. The second-order valence-corrected chi connectivity index (χ2v) is 15.0. The smallest absolute Gasteiger partial charge is 0.244 e. The van der Waals surface area contributed by atoms with E-state index in [9.17, 15) is 21.9 Å². The number of aliphatic hydroxyl groups is 2. The van der Waals surface area contributed by atoms with Crippen molar-refractivity contribution in [1.82, 2.24) is 14.6 Å². The summed E-state index contributed by atoms with van der Waals surface area (Å²) in [7, 11) is -7.19. The molecule has 2 saturated heterocycles. The maximum absolute atomic E-state index is 13.3. The van der Waals surface area contributed by atoms with Gasteiger partial charge in [-0.1, -0.05) is 24.3 Å². The SMILES string of the molecule is O=S(=O)(CCCO)c1cccc(OCC(O)CNC2COC3(CCN(S(=O)(=O)c4cnc5ccccc5c4)CC3)C2)c1. The zero-order valence-corrected chi connectivity index (χ0v) is 24.9. The van der Waals surface area contributed by atoms with Gasteiger partial charge in [-0.3, -0.25) is 4.98 Å². The largest absolute Gasteiger partial charge is 0.491 e. The molecule has 2 aliphatic heterocycles. The van der Waals surface area contributed by atoms with E-state index in [1.54, 1.807) is 18.2 Å². The highest BCUT2D eigenvalue weighted by molar-refractivity contribution is 7.91. The fourth-order valence-electron chi connectivity index (χ4n) is 5.48. The third kappa shape index (κ3) is 7.10. The molecule has 2 aromatic carbocycles. The van der Waals surface area contributed by atoms with Gasteiger partial charge in [0.05, 0.1) is 28.4 Å². The molecule has 0 aliphatic carbocycles. The number of rotatable bonds is 12. The number of para-hydroxylation sites is 1. The van der Waals surface area contributed by atoms with Crippen molar-refractivity contribution in [3.05, 3.63) is 60.8 Å². The molecule has 5 rings (SSSR count). The number of nitrogens with zero attached hydrogens (tertiary/aromatic N) is 2. The van der Waals surface area contributed by atoms with Crippen LogP contribution in [0.5, 0.6) is 5.75 Å². The van der Waals surface area contributed by atoms with Gasteiger partial charge in [0.1, 0.15) is 23.4 Å². The van der Waals surface area contributed by atoms with Crippen LogP contribution < -0.4 is 10.1 Å². The van der Waals surface area contributed by atoms with Crippen molar-refractivity contribution >= 4 is 30.8 Å². The fourth-order valence-corrected chi connectivity index (χ4v) is 8.23. The van der Waals surface area contributed by atoms with Crippen LogP contribution >= 0.6 is 0 Å². The van der Waals surface area contributed by atoms with E-state index < -0.39 is 31.6 Å². The van der Waals surface area contributed by atoms with E-state index >= 15 is 0 Å². The van der Waals surface area contributed by atoms with Crippen molar-refractivity contribution in [1.29, 1.82) is 0 Å². The summed E-state index contributed by atoms with van der Waals surface area (Å²) in [5, 5.41) is 23.5. The summed E-state index contributed by atoms with van der Waals surface area (Å²) in [6.45, 7) is 1.20. The van der Waals surface area contributed by atoms with Gasteiger partial charge in [0, 0.05) is 43.9 Å². The minimum absolute atomic E-state index is 0.00694. The lowest BCUT2D eigenvalue weighted by atomic mass is 9.88. The summed E-state index contributed by atoms with van der Waals surface area (Å²) in [5.74, 6) is 0.184. The summed E-state index contributed by atoms with van der Waals surface area (Å²) in [6.07, 6.45) is 2.60. The summed E-state index contributed by atoms with van der Waals surface area (Å²) in [5.41, 5.74) is 0.341. The lowest BCUT2D eigenvalue weighted by molar-refractivity contribution is -0.0312. The fraction of sp³-hybridized carbons (Fsp3) is 0.483. The number of nitrogens with one attached hydrogen (secondary N) is 1. The summed E-state index contributed by atoms with van der Waals surface area (Å²) >= 11 is 0. The van der Waals surface area contributed by atoms with Gasteiger partial charge in [-0.2, -0.15) is 4.31 Å². The van der Waals surface area contributed by atoms with Gasteiger partial charge < -0.3 is 25.0 Å². The van der Waals surface area contributed by atoms with Crippen molar-refractivity contribution in [2.24, 2.45) is 0 Å². The number of fused-ring (bicyclic) bond motifs is 1. The van der Waals surface area contributed by atoms with E-state index in [4.69, 9.17) is 14.6 Å². The Labute approximate surface area is 246 Å². The minimum atomic E-state index is -3.67. The molecule has 2 aliphatic rings. The third-order valence-electron chi connectivity index (χ3n) is 7.87. The lowest BCUT2D eigenvalue weighted by Gasteiger charge is -2.38. The Bertz CT molecular complexity index is 1590. The highest BCUT2D eigenvalue weighted by atomic mass is 32.2. The Hall–Kier alpha value is -2.65. The molecule has 13 heteroatoms. The molecule has 0 amide bonds. The molecule has 1 aromatic heterocycles. The Balaban J connectivity index is 1.08. The van der Waals surface area contributed by atoms with E-state index in [2.05, 4.69) is 10.3 Å². The number of piperidine rings is 1. The van der Waals surface area contributed by atoms with Gasteiger partial charge in [-0.15, -0.1) is 0 Å². The number of hydrogen-bond acceptors (Lipinski definition) is 10. The number of sulfonamides is 1. The molecule has 2 atom stereocenters. The van der Waals surface area contributed by atoms with Crippen LogP contribution in [0.2, 0.25) is 0 Å². The molecule has 0 radical (unpaired) electrons. The van der Waals surface area contributed by atoms with Crippen LogP contribution in [0, 0.1) is 0 Å². The molecule has 0 saturated carbocycles. The van der Waals surface area contributed by atoms with E-state index in [1.165, 1.54) is 22.6 Å². The predicted molar refractivity (Wildman–Crippen MR) is 157 cm³/mol. The van der Waals surface area contributed by atoms with Gasteiger partial charge in [0.25, 0.3) is 0 Å². The number of hydrogen-bond donors (Lipinski definition) is 3. The second kappa shape index (κ2) is 12.9. The van der Waals surface area contributed by atoms with Gasteiger partial charge in [0.15, 0.2) is 9.84 Å². The number of aromatic nitrogens is 1. The molecule has 3 aromatic rings. The van der Waals surface area contributed by atoms with Crippen LogP contribution in [0.4, 0.5) is 0 Å². The number of sulfone groups is 1. The van der Waals surface area contributed by atoms with Crippen molar-refractivity contribution < 1.29 is 36.5 Å². The average Bonchev–Trinajstić information content (AvgIpc) is 3.40. The zero-order chi connectivity index (χ0) is 29.8. The van der Waals surface area contributed by atoms with Crippen LogP contribution in [-0.2, 0) is 24.6 Å². The third-order valence-corrected chi connectivity index (χ3v) is 11.5. The average molecular weight is 620 g/mol. The number of aliphatic hydroxyl groups excluding tert-OH is 2. The van der Waals surface area contributed by atoms with Crippen LogP contribution in [-0.4, -0.2) is 99.3 Å². The first kappa shape index (κ1) is 30.8. The van der Waals surface area contributed by atoms with Crippen molar-refractivity contribution in [2.45, 2.75) is 53.2 Å². The maximum atomic E-state index is 13.3. The molecule has 11 nitrogen and oxygen atoms in total. The lowest BCUT2D eigenvalue weighted by Crippen LogP contribution is -2.47. The van der Waals surface area contributed by atoms with Crippen LogP contribution in [0.15, 0.2) is 70.6 Å². The zero-order valence-electron chi connectivity index (χ0n) is 23.3. The topological polar surface area (TPSA) is 155 Å². The van der Waals surface area contributed by atoms with E-state index in [0.717, 1.165) is 10.9 Å². The normalized spacial score (nSPS) is 20.2. The van der Waals surface area contributed by atoms with Crippen molar-refractivity contribution in [3.8, 4) is 5.75 Å². The van der Waals surface area contributed by atoms with Gasteiger partial charge >= 0.3 is 0 Å². The highest BCUT2D eigenvalue weighted by Gasteiger charge is 2.44. The standard InChI is InChI=1S/C29H37N3O8S2/c33-13-4-14-41(35,36)26-7-3-6-25(16-26)39-21-24(34)18-30-23-17-29(40-20-23)9-11-32(12-10-29)42(37,38)27-15-22-5-1-2-8-28(22)31-19-27/h1-3,5-8,15-16,19,23-24,30,33-34H,4,9-14,17-18,20-21H2. The van der Waals surface area contributed by atoms with Gasteiger partial charge in [-0.05, 0) is 56.0 Å². The molecular weight excluding hydrogens is 582 g/mol. The summed E-state index contributed by atoms with van der Waals surface area (Å²) in [6, 6.07) is 15.2. The number of ether oxygens (including phenoxy) is 2. The molecular formula is C29H37N3O8S2. The van der Waals surface area contributed by atoms with Gasteiger partial charge in [-0.25, -0.2) is 16.8 Å². The van der Waals surface area contributed by atoms with Crippen LogP contribution in [0.1, 0.15) is 25.7 Å². The molecule has 2 unspecified atom stereocenters. The van der Waals surface area contributed by atoms with E-state index in [0.29, 0.717) is 44.7 Å². The first-order valence-corrected chi connectivity index (χ1v) is 17.2. The summed E-state index contributed by atoms with van der Waals surface area (Å²) in [4.78, 5) is 4.61. The predicted octanol–water partition coefficient (Wildman–Crippen LogP) is 1.73. The summed E-state index contributed by atoms with van der Waals surface area (Å²) < 4.78 is 64.6. The molecule has 3 heterocycles. The molecule has 1 spiro atoms. The Morgan fingerprint density at radius 1 is 1.07 bits per heavy atom. The number of benzene rings is 2.